The van der Waals surface area contributed by atoms with Gasteiger partial charge in [0.05, 0.1) is 4.60 Å². The van der Waals surface area contributed by atoms with E-state index in [4.69, 9.17) is 0 Å². The molecule has 2 aliphatic heterocycles. The summed E-state index contributed by atoms with van der Waals surface area (Å²) in [7, 11) is 0. The summed E-state index contributed by atoms with van der Waals surface area (Å²) < 4.78 is 1.64. The summed E-state index contributed by atoms with van der Waals surface area (Å²) in [5, 5.41) is 7.59. The fourth-order valence-corrected chi connectivity index (χ4v) is 3.45. The van der Waals surface area contributed by atoms with Crippen LogP contribution in [-0.2, 0) is 9.59 Å². The molecule has 0 radical (unpaired) electrons. The minimum Gasteiger partial charge on any atom is -0.350 e. The zero-order chi connectivity index (χ0) is 18.3. The third-order valence-corrected chi connectivity index (χ3v) is 4.31. The fourth-order valence-electron chi connectivity index (χ4n) is 2.79. The van der Waals surface area contributed by atoms with Crippen molar-refractivity contribution in [3.63, 3.8) is 0 Å². The van der Waals surface area contributed by atoms with Crippen LogP contribution in [0.25, 0.3) is 5.57 Å². The van der Waals surface area contributed by atoms with Crippen molar-refractivity contribution in [2.75, 3.05) is 6.54 Å². The van der Waals surface area contributed by atoms with Crippen molar-refractivity contribution in [3.05, 3.63) is 27.6 Å². The zero-order valence-corrected chi connectivity index (χ0v) is 15.0. The van der Waals surface area contributed by atoms with Crippen molar-refractivity contribution in [3.8, 4) is 0 Å². The molecule has 0 atom stereocenters. The Morgan fingerprint density at radius 2 is 2.00 bits per heavy atom. The number of aromatic nitrogens is 1. The molecule has 0 bridgehead atoms. The molecule has 3 N–H and O–H groups in total. The highest BCUT2D eigenvalue weighted by molar-refractivity contribution is 9.10. The maximum atomic E-state index is 12.4. The van der Waals surface area contributed by atoms with E-state index in [0.717, 1.165) is 0 Å². The number of hydrogen-bond donors (Lipinski definition) is 3. The Morgan fingerprint density at radius 3 is 2.64 bits per heavy atom. The first-order chi connectivity index (χ1) is 11.8. The highest BCUT2D eigenvalue weighted by Crippen LogP contribution is 2.33. The van der Waals surface area contributed by atoms with E-state index in [1.807, 2.05) is 0 Å². The van der Waals surface area contributed by atoms with Crippen molar-refractivity contribution < 1.29 is 19.2 Å². The first-order valence-corrected chi connectivity index (χ1v) is 8.20. The molecule has 3 heterocycles. The number of nitrogens with zero attached hydrogens (tertiary/aromatic N) is 2. The molecule has 9 nitrogen and oxygen atoms in total. The highest BCUT2D eigenvalue weighted by atomic mass is 79.9. The van der Waals surface area contributed by atoms with Gasteiger partial charge in [-0.2, -0.15) is 0 Å². The topological polar surface area (TPSA) is 122 Å². The third kappa shape index (κ3) is 3.00. The second kappa shape index (κ2) is 6.28. The number of guanidine groups is 1. The molecule has 1 aromatic rings. The van der Waals surface area contributed by atoms with Gasteiger partial charge in [-0.15, -0.1) is 0 Å². The lowest BCUT2D eigenvalue weighted by atomic mass is 10.0. The number of aliphatic imine (C=N–C) groups is 1. The molecule has 0 aromatic carbocycles. The fraction of sp³-hybridized carbons (Fsp3) is 0.267. The van der Waals surface area contributed by atoms with Crippen LogP contribution in [0, 0.1) is 0 Å². The molecule has 0 fully saturated rings. The monoisotopic (exact) mass is 407 g/mol. The van der Waals surface area contributed by atoms with E-state index in [1.54, 1.807) is 6.07 Å². The van der Waals surface area contributed by atoms with Gasteiger partial charge in [-0.1, -0.05) is 0 Å². The standard InChI is InChI=1S/C15H14BrN5O4/c1-6(22)18-15-19-11(13(24)20-15)8-3-4-17-14(25)12-9(8)5-10(16)21(12)7(2)23/h5H,3-4H2,1-2H3,(H,17,25)(H2,18,19,20,22,24)/b11-8-. The van der Waals surface area contributed by atoms with Gasteiger partial charge in [-0.05, 0) is 34.0 Å². The Balaban J connectivity index is 2.21. The van der Waals surface area contributed by atoms with E-state index in [1.165, 1.54) is 18.4 Å². The van der Waals surface area contributed by atoms with E-state index in [0.29, 0.717) is 28.7 Å². The largest absolute Gasteiger partial charge is 0.350 e. The highest BCUT2D eigenvalue weighted by Gasteiger charge is 2.32. The Hall–Kier alpha value is -2.75. The summed E-state index contributed by atoms with van der Waals surface area (Å²) in [6.45, 7) is 2.93. The molecule has 0 spiro atoms. The Morgan fingerprint density at radius 1 is 1.28 bits per heavy atom. The number of fused-ring (bicyclic) bond motifs is 1. The summed E-state index contributed by atoms with van der Waals surface area (Å²) in [5.74, 6) is -1.56. The van der Waals surface area contributed by atoms with Gasteiger partial charge < -0.3 is 5.32 Å². The average Bonchev–Trinajstić information content (AvgIpc) is 2.98. The Labute approximate surface area is 150 Å². The quantitative estimate of drug-likeness (QED) is 0.538. The molecule has 0 saturated heterocycles. The summed E-state index contributed by atoms with van der Waals surface area (Å²) in [5.41, 5.74) is 1.23. The molecule has 3 rings (SSSR count). The van der Waals surface area contributed by atoms with Crippen molar-refractivity contribution >= 4 is 51.1 Å². The SMILES string of the molecule is CC(=O)NC1=N/C(=C2/CCNC(=O)c3c2cc(Br)n3C(C)=O)C(=O)N1. The van der Waals surface area contributed by atoms with Crippen LogP contribution in [0.4, 0.5) is 0 Å². The van der Waals surface area contributed by atoms with E-state index < -0.39 is 11.8 Å². The molecular weight excluding hydrogens is 394 g/mol. The summed E-state index contributed by atoms with van der Waals surface area (Å²) in [6, 6.07) is 1.61. The normalized spacial score (nSPS) is 19.6. The van der Waals surface area contributed by atoms with Crippen molar-refractivity contribution in [1.29, 1.82) is 0 Å². The third-order valence-electron chi connectivity index (χ3n) is 3.72. The van der Waals surface area contributed by atoms with Gasteiger partial charge in [0, 0.05) is 26.0 Å². The van der Waals surface area contributed by atoms with Crippen LogP contribution >= 0.6 is 15.9 Å². The lowest BCUT2D eigenvalue weighted by molar-refractivity contribution is -0.117. The average molecular weight is 408 g/mol. The second-order valence-corrected chi connectivity index (χ2v) is 6.33. The summed E-state index contributed by atoms with van der Waals surface area (Å²) in [4.78, 5) is 51.8. The maximum absolute atomic E-state index is 12.4. The van der Waals surface area contributed by atoms with Crippen LogP contribution < -0.4 is 16.0 Å². The number of carbonyl (C=O) groups is 4. The lowest BCUT2D eigenvalue weighted by Gasteiger charge is -2.06. The molecule has 0 saturated carbocycles. The Bertz CT molecular complexity index is 896. The number of carbonyl (C=O) groups excluding carboxylic acids is 4. The molecule has 3 amide bonds. The minimum absolute atomic E-state index is 0.0372. The smallest absolute Gasteiger partial charge is 0.277 e. The van der Waals surface area contributed by atoms with Gasteiger partial charge >= 0.3 is 0 Å². The van der Waals surface area contributed by atoms with Gasteiger partial charge in [0.15, 0.2) is 0 Å². The van der Waals surface area contributed by atoms with E-state index in [-0.39, 0.29) is 29.2 Å². The lowest BCUT2D eigenvalue weighted by Crippen LogP contribution is -2.38. The van der Waals surface area contributed by atoms with Crippen LogP contribution in [0.1, 0.15) is 41.1 Å². The first-order valence-electron chi connectivity index (χ1n) is 7.41. The number of halogens is 1. The number of amides is 3. The van der Waals surface area contributed by atoms with Gasteiger partial charge in [-0.3, -0.25) is 34.4 Å². The molecular formula is C15H14BrN5O4. The predicted octanol–water partition coefficient (Wildman–Crippen LogP) is 0.377. The summed E-state index contributed by atoms with van der Waals surface area (Å²) >= 11 is 3.27. The van der Waals surface area contributed by atoms with E-state index >= 15 is 0 Å². The predicted molar refractivity (Wildman–Crippen MR) is 91.7 cm³/mol. The minimum atomic E-state index is -0.481. The molecule has 130 valence electrons. The molecule has 0 unspecified atom stereocenters. The molecule has 1 aromatic heterocycles. The number of hydrogen-bond acceptors (Lipinski definition) is 5. The van der Waals surface area contributed by atoms with Crippen molar-refractivity contribution in [1.82, 2.24) is 20.5 Å². The maximum Gasteiger partial charge on any atom is 0.277 e. The Kier molecular flexibility index (Phi) is 4.29. The van der Waals surface area contributed by atoms with E-state index in [2.05, 4.69) is 36.9 Å². The van der Waals surface area contributed by atoms with Crippen LogP contribution in [0.5, 0.6) is 0 Å². The van der Waals surface area contributed by atoms with Crippen LogP contribution in [0.2, 0.25) is 0 Å². The van der Waals surface area contributed by atoms with Crippen LogP contribution in [-0.4, -0.2) is 40.7 Å². The van der Waals surface area contributed by atoms with Gasteiger partial charge in [0.25, 0.3) is 11.8 Å². The first kappa shape index (κ1) is 17.1. The number of rotatable bonds is 0. The van der Waals surface area contributed by atoms with Crippen molar-refractivity contribution in [2.24, 2.45) is 4.99 Å². The van der Waals surface area contributed by atoms with Gasteiger partial charge in [0.2, 0.25) is 17.8 Å². The van der Waals surface area contributed by atoms with Crippen LogP contribution in [0.3, 0.4) is 0 Å². The molecule has 0 aliphatic carbocycles. The molecule has 2 aliphatic rings. The number of nitrogens with one attached hydrogen (secondary N) is 3. The van der Waals surface area contributed by atoms with Gasteiger partial charge in [-0.25, -0.2) is 4.99 Å². The summed E-state index contributed by atoms with van der Waals surface area (Å²) in [6.07, 6.45) is 0.354. The van der Waals surface area contributed by atoms with Crippen LogP contribution in [0.15, 0.2) is 21.4 Å². The second-order valence-electron chi connectivity index (χ2n) is 5.51. The van der Waals surface area contributed by atoms with Crippen molar-refractivity contribution in [2.45, 2.75) is 20.3 Å². The van der Waals surface area contributed by atoms with Gasteiger partial charge in [0.1, 0.15) is 11.4 Å². The molecule has 10 heteroatoms. The van der Waals surface area contributed by atoms with E-state index in [9.17, 15) is 19.2 Å². The molecule has 25 heavy (non-hydrogen) atoms. The zero-order valence-electron chi connectivity index (χ0n) is 13.4.